The van der Waals surface area contributed by atoms with E-state index in [0.29, 0.717) is 16.5 Å². The van der Waals surface area contributed by atoms with Crippen LogP contribution < -0.4 is 0 Å². The molecular weight excluding hydrogens is 266 g/mol. The Kier molecular flexibility index (Phi) is 3.74. The van der Waals surface area contributed by atoms with Gasteiger partial charge in [-0.3, -0.25) is 0 Å². The van der Waals surface area contributed by atoms with Crippen molar-refractivity contribution < 1.29 is 0 Å². The van der Waals surface area contributed by atoms with E-state index in [0.717, 1.165) is 5.56 Å². The van der Waals surface area contributed by atoms with Crippen LogP contribution in [0.4, 0.5) is 0 Å². The molecule has 0 N–H and O–H groups in total. The van der Waals surface area contributed by atoms with Gasteiger partial charge in [-0.25, -0.2) is 4.98 Å². The summed E-state index contributed by atoms with van der Waals surface area (Å²) in [5, 5.41) is 1.26. The van der Waals surface area contributed by atoms with E-state index in [1.54, 1.807) is 24.7 Å². The lowest BCUT2D eigenvalue weighted by Gasteiger charge is -2.12. The van der Waals surface area contributed by atoms with Crippen molar-refractivity contribution in [3.63, 3.8) is 0 Å². The van der Waals surface area contributed by atoms with Crippen molar-refractivity contribution in [3.8, 4) is 0 Å². The minimum Gasteiger partial charge on any atom is -0.320 e. The molecule has 1 heterocycles. The van der Waals surface area contributed by atoms with E-state index in [9.17, 15) is 0 Å². The maximum atomic E-state index is 6.23. The third kappa shape index (κ3) is 2.70. The van der Waals surface area contributed by atoms with Gasteiger partial charge in [-0.15, -0.1) is 0 Å². The van der Waals surface area contributed by atoms with Crippen LogP contribution in [0.15, 0.2) is 36.9 Å². The molecule has 5 heteroatoms. The lowest BCUT2D eigenvalue weighted by atomic mass is 10.1. The second kappa shape index (κ2) is 5.09. The number of nitrogens with zero attached hydrogens (tertiary/aromatic N) is 2. The highest BCUT2D eigenvalue weighted by molar-refractivity contribution is 6.35. The molecule has 16 heavy (non-hydrogen) atoms. The molecule has 0 amide bonds. The fourth-order valence-corrected chi connectivity index (χ4v) is 2.18. The highest BCUT2D eigenvalue weighted by atomic mass is 35.5. The van der Waals surface area contributed by atoms with Crippen molar-refractivity contribution in [2.24, 2.45) is 0 Å². The first kappa shape index (κ1) is 11.8. The van der Waals surface area contributed by atoms with E-state index in [1.165, 1.54) is 0 Å². The zero-order valence-electron chi connectivity index (χ0n) is 8.28. The highest BCUT2D eigenvalue weighted by Gasteiger charge is 2.10. The minimum atomic E-state index is -0.193. The molecule has 1 atom stereocenters. The number of rotatable bonds is 3. The molecule has 0 fully saturated rings. The number of halogens is 3. The lowest BCUT2D eigenvalue weighted by molar-refractivity contribution is 0.663. The summed E-state index contributed by atoms with van der Waals surface area (Å²) in [6.07, 6.45) is 5.83. The van der Waals surface area contributed by atoms with Gasteiger partial charge in [-0.1, -0.05) is 40.9 Å². The number of hydrogen-bond donors (Lipinski definition) is 0. The molecule has 0 radical (unpaired) electrons. The topological polar surface area (TPSA) is 17.8 Å². The van der Waals surface area contributed by atoms with Gasteiger partial charge in [0, 0.05) is 28.9 Å². The van der Waals surface area contributed by atoms with E-state index in [-0.39, 0.29) is 5.50 Å². The van der Waals surface area contributed by atoms with Crippen LogP contribution in [0.5, 0.6) is 0 Å². The van der Waals surface area contributed by atoms with Crippen LogP contribution >= 0.6 is 34.8 Å². The SMILES string of the molecule is Clc1ccc(CC(Cl)n2ccnc2)c(Cl)c1. The zero-order valence-corrected chi connectivity index (χ0v) is 10.5. The molecule has 0 bridgehead atoms. The Morgan fingerprint density at radius 2 is 2.12 bits per heavy atom. The molecule has 2 aromatic rings. The summed E-state index contributed by atoms with van der Waals surface area (Å²) in [7, 11) is 0. The Balaban J connectivity index is 2.15. The first-order valence-electron chi connectivity index (χ1n) is 4.72. The van der Waals surface area contributed by atoms with Crippen LogP contribution in [0.1, 0.15) is 11.1 Å². The summed E-state index contributed by atoms with van der Waals surface area (Å²) in [4.78, 5) is 3.95. The second-order valence-corrected chi connectivity index (χ2v) is 4.73. The van der Waals surface area contributed by atoms with Crippen LogP contribution in [0, 0.1) is 0 Å². The van der Waals surface area contributed by atoms with Crippen LogP contribution in [-0.2, 0) is 6.42 Å². The van der Waals surface area contributed by atoms with E-state index >= 15 is 0 Å². The van der Waals surface area contributed by atoms with Crippen molar-refractivity contribution >= 4 is 34.8 Å². The normalized spacial score (nSPS) is 12.7. The molecular formula is C11H9Cl3N2. The second-order valence-electron chi connectivity index (χ2n) is 3.38. The maximum absolute atomic E-state index is 6.23. The molecule has 1 aromatic heterocycles. The Labute approximate surface area is 109 Å². The number of alkyl halides is 1. The molecule has 0 aliphatic rings. The van der Waals surface area contributed by atoms with Crippen molar-refractivity contribution in [1.29, 1.82) is 0 Å². The van der Waals surface area contributed by atoms with Crippen LogP contribution in [0.25, 0.3) is 0 Å². The third-order valence-electron chi connectivity index (χ3n) is 2.25. The lowest BCUT2D eigenvalue weighted by Crippen LogP contribution is -2.03. The third-order valence-corrected chi connectivity index (χ3v) is 3.22. The van der Waals surface area contributed by atoms with E-state index in [4.69, 9.17) is 34.8 Å². The monoisotopic (exact) mass is 274 g/mol. The maximum Gasteiger partial charge on any atom is 0.113 e. The van der Waals surface area contributed by atoms with Gasteiger partial charge in [0.15, 0.2) is 0 Å². The van der Waals surface area contributed by atoms with Crippen LogP contribution in [-0.4, -0.2) is 9.55 Å². The number of hydrogen-bond acceptors (Lipinski definition) is 1. The average molecular weight is 276 g/mol. The fourth-order valence-electron chi connectivity index (χ4n) is 1.41. The van der Waals surface area contributed by atoms with Crippen molar-refractivity contribution in [3.05, 3.63) is 52.5 Å². The van der Waals surface area contributed by atoms with E-state index in [1.807, 2.05) is 16.8 Å². The van der Waals surface area contributed by atoms with Gasteiger partial charge in [0.25, 0.3) is 0 Å². The summed E-state index contributed by atoms with van der Waals surface area (Å²) in [6, 6.07) is 5.41. The Morgan fingerprint density at radius 1 is 1.31 bits per heavy atom. The highest BCUT2D eigenvalue weighted by Crippen LogP contribution is 2.26. The predicted octanol–water partition coefficient (Wildman–Crippen LogP) is 4.17. The Hall–Kier alpha value is -0.700. The van der Waals surface area contributed by atoms with Gasteiger partial charge in [-0.2, -0.15) is 0 Å². The summed E-state index contributed by atoms with van der Waals surface area (Å²) >= 11 is 18.1. The Morgan fingerprint density at radius 3 is 2.75 bits per heavy atom. The predicted molar refractivity (Wildman–Crippen MR) is 67.3 cm³/mol. The molecule has 2 rings (SSSR count). The average Bonchev–Trinajstić information content (AvgIpc) is 2.75. The van der Waals surface area contributed by atoms with Crippen molar-refractivity contribution in [2.75, 3.05) is 0 Å². The van der Waals surface area contributed by atoms with Crippen molar-refractivity contribution in [1.82, 2.24) is 9.55 Å². The molecule has 0 saturated carbocycles. The smallest absolute Gasteiger partial charge is 0.113 e. The molecule has 1 aromatic carbocycles. The zero-order chi connectivity index (χ0) is 11.5. The number of imidazole rings is 1. The summed E-state index contributed by atoms with van der Waals surface area (Å²) < 4.78 is 1.83. The van der Waals surface area contributed by atoms with Gasteiger partial charge in [-0.05, 0) is 17.7 Å². The fraction of sp³-hybridized carbons (Fsp3) is 0.182. The molecule has 84 valence electrons. The summed E-state index contributed by atoms with van der Waals surface area (Å²) in [5.74, 6) is 0. The van der Waals surface area contributed by atoms with Gasteiger partial charge < -0.3 is 4.57 Å². The molecule has 0 aliphatic carbocycles. The van der Waals surface area contributed by atoms with Gasteiger partial charge in [0.1, 0.15) is 5.50 Å². The van der Waals surface area contributed by atoms with E-state index < -0.39 is 0 Å². The quantitative estimate of drug-likeness (QED) is 0.769. The van der Waals surface area contributed by atoms with Gasteiger partial charge in [0.2, 0.25) is 0 Å². The minimum absolute atomic E-state index is 0.193. The molecule has 2 nitrogen and oxygen atoms in total. The standard InChI is InChI=1S/C11H9Cl3N2/c12-9-2-1-8(10(13)6-9)5-11(14)16-4-3-15-7-16/h1-4,6-7,11H,5H2. The van der Waals surface area contributed by atoms with Crippen LogP contribution in [0.3, 0.4) is 0 Å². The number of aromatic nitrogens is 2. The van der Waals surface area contributed by atoms with Gasteiger partial charge >= 0.3 is 0 Å². The van der Waals surface area contributed by atoms with Crippen LogP contribution in [0.2, 0.25) is 10.0 Å². The first-order valence-corrected chi connectivity index (χ1v) is 5.91. The largest absolute Gasteiger partial charge is 0.320 e. The summed E-state index contributed by atoms with van der Waals surface area (Å²) in [6.45, 7) is 0. The summed E-state index contributed by atoms with van der Waals surface area (Å²) in [5.41, 5.74) is 0.779. The van der Waals surface area contributed by atoms with E-state index in [2.05, 4.69) is 4.98 Å². The molecule has 0 saturated heterocycles. The molecule has 1 unspecified atom stereocenters. The Bertz CT molecular complexity index is 468. The first-order chi connectivity index (χ1) is 7.66. The van der Waals surface area contributed by atoms with Crippen molar-refractivity contribution in [2.45, 2.75) is 11.9 Å². The molecule has 0 aliphatic heterocycles. The van der Waals surface area contributed by atoms with Gasteiger partial charge in [0.05, 0.1) is 6.33 Å². The number of benzene rings is 1. The molecule has 0 spiro atoms.